The molecule has 0 spiro atoms. The van der Waals surface area contributed by atoms with Crippen molar-refractivity contribution in [1.82, 2.24) is 15.3 Å². The van der Waals surface area contributed by atoms with Crippen molar-refractivity contribution in [2.24, 2.45) is 0 Å². The first-order valence-electron chi connectivity index (χ1n) is 9.28. The van der Waals surface area contributed by atoms with Crippen LogP contribution in [-0.4, -0.2) is 29.0 Å². The first-order valence-corrected chi connectivity index (χ1v) is 10.2. The van der Waals surface area contributed by atoms with Gasteiger partial charge in [0.2, 0.25) is 0 Å². The van der Waals surface area contributed by atoms with E-state index in [1.54, 1.807) is 23.8 Å². The number of amides is 1. The van der Waals surface area contributed by atoms with Crippen LogP contribution in [-0.2, 0) is 13.2 Å². The van der Waals surface area contributed by atoms with E-state index in [-0.39, 0.29) is 5.91 Å². The van der Waals surface area contributed by atoms with Gasteiger partial charge in [0.05, 0.1) is 16.8 Å². The van der Waals surface area contributed by atoms with Gasteiger partial charge in [-0.15, -0.1) is 11.3 Å². The highest BCUT2D eigenvalue weighted by molar-refractivity contribution is 7.07. The van der Waals surface area contributed by atoms with Crippen molar-refractivity contribution >= 4 is 23.1 Å². The van der Waals surface area contributed by atoms with Gasteiger partial charge in [0.15, 0.2) is 0 Å². The fourth-order valence-electron chi connectivity index (χ4n) is 2.77. The molecule has 0 saturated carbocycles. The minimum absolute atomic E-state index is 0.179. The van der Waals surface area contributed by atoms with Crippen LogP contribution in [0, 0.1) is 0 Å². The number of anilines is 1. The number of nitrogens with one attached hydrogen (secondary N) is 1. The Hall–Kier alpha value is -2.93. The molecule has 1 aromatic carbocycles. The fraction of sp³-hybridized carbons (Fsp3) is 0.286. The molecule has 0 aliphatic heterocycles. The second-order valence-corrected chi connectivity index (χ2v) is 6.86. The summed E-state index contributed by atoms with van der Waals surface area (Å²) in [7, 11) is 0. The van der Waals surface area contributed by atoms with Crippen LogP contribution in [0.5, 0.6) is 5.75 Å². The summed E-state index contributed by atoms with van der Waals surface area (Å²) in [4.78, 5) is 23.5. The van der Waals surface area contributed by atoms with Gasteiger partial charge >= 0.3 is 0 Å². The van der Waals surface area contributed by atoms with Crippen molar-refractivity contribution in [1.29, 1.82) is 0 Å². The van der Waals surface area contributed by atoms with Crippen LogP contribution in [0.1, 0.15) is 35.5 Å². The van der Waals surface area contributed by atoms with Gasteiger partial charge in [-0.25, -0.2) is 9.97 Å². The summed E-state index contributed by atoms with van der Waals surface area (Å²) < 4.78 is 5.79. The fourth-order valence-corrected chi connectivity index (χ4v) is 3.32. The molecule has 7 heteroatoms. The SMILES string of the molecule is CCN(CC)c1ccc(CNC(=O)c2ccccc2OCc2cscn2)cn1. The summed E-state index contributed by atoms with van der Waals surface area (Å²) in [6, 6.07) is 11.2. The van der Waals surface area contributed by atoms with Gasteiger partial charge < -0.3 is 15.0 Å². The van der Waals surface area contributed by atoms with Crippen LogP contribution in [0.4, 0.5) is 5.82 Å². The zero-order valence-corrected chi connectivity index (χ0v) is 16.9. The average molecular weight is 397 g/mol. The Bertz CT molecular complexity index is 878. The molecule has 0 fully saturated rings. The lowest BCUT2D eigenvalue weighted by Gasteiger charge is -2.19. The van der Waals surface area contributed by atoms with E-state index >= 15 is 0 Å². The molecule has 0 unspecified atom stereocenters. The van der Waals surface area contributed by atoms with E-state index in [0.717, 1.165) is 30.2 Å². The second-order valence-electron chi connectivity index (χ2n) is 6.14. The standard InChI is InChI=1S/C21H24N4O2S/c1-3-25(4-2)20-10-9-16(11-22-20)12-23-21(26)18-7-5-6-8-19(18)27-13-17-14-28-15-24-17/h5-11,14-15H,3-4,12-13H2,1-2H3,(H,23,26). The van der Waals surface area contributed by atoms with Crippen LogP contribution in [0.2, 0.25) is 0 Å². The zero-order valence-electron chi connectivity index (χ0n) is 16.1. The van der Waals surface area contributed by atoms with E-state index in [2.05, 4.69) is 34.0 Å². The third-order valence-electron chi connectivity index (χ3n) is 4.34. The Morgan fingerprint density at radius 2 is 1.96 bits per heavy atom. The first kappa shape index (κ1) is 19.8. The Morgan fingerprint density at radius 3 is 2.64 bits per heavy atom. The number of benzene rings is 1. The molecule has 0 aliphatic rings. The topological polar surface area (TPSA) is 67.4 Å². The van der Waals surface area contributed by atoms with Crippen molar-refractivity contribution in [2.45, 2.75) is 27.0 Å². The quantitative estimate of drug-likeness (QED) is 0.594. The van der Waals surface area contributed by atoms with E-state index < -0.39 is 0 Å². The second kappa shape index (κ2) is 9.85. The normalized spacial score (nSPS) is 10.5. The largest absolute Gasteiger partial charge is 0.486 e. The lowest BCUT2D eigenvalue weighted by Crippen LogP contribution is -2.24. The molecule has 146 valence electrons. The molecular formula is C21H24N4O2S. The highest BCUT2D eigenvalue weighted by Crippen LogP contribution is 2.19. The number of hydrogen-bond acceptors (Lipinski definition) is 6. The molecule has 6 nitrogen and oxygen atoms in total. The number of carbonyl (C=O) groups excluding carboxylic acids is 1. The number of carbonyl (C=O) groups is 1. The predicted octanol–water partition coefficient (Wildman–Crippen LogP) is 3.89. The maximum absolute atomic E-state index is 12.6. The van der Waals surface area contributed by atoms with Gasteiger partial charge in [-0.3, -0.25) is 4.79 Å². The Balaban J connectivity index is 1.60. The van der Waals surface area contributed by atoms with Crippen LogP contribution in [0.3, 0.4) is 0 Å². The predicted molar refractivity (Wildman–Crippen MR) is 112 cm³/mol. The molecule has 0 aliphatic carbocycles. The average Bonchev–Trinajstić information content (AvgIpc) is 3.26. The molecular weight excluding hydrogens is 372 g/mol. The van der Waals surface area contributed by atoms with Crippen LogP contribution < -0.4 is 15.0 Å². The number of para-hydroxylation sites is 1. The first-order chi connectivity index (χ1) is 13.7. The number of aromatic nitrogens is 2. The van der Waals surface area contributed by atoms with Crippen molar-refractivity contribution in [3.63, 3.8) is 0 Å². The van der Waals surface area contributed by atoms with E-state index in [0.29, 0.717) is 24.5 Å². The van der Waals surface area contributed by atoms with Gasteiger partial charge in [0.1, 0.15) is 18.2 Å². The molecule has 0 radical (unpaired) electrons. The van der Waals surface area contributed by atoms with Crippen LogP contribution >= 0.6 is 11.3 Å². The van der Waals surface area contributed by atoms with Crippen LogP contribution in [0.25, 0.3) is 0 Å². The molecule has 1 amide bonds. The molecule has 1 N–H and O–H groups in total. The van der Waals surface area contributed by atoms with Gasteiger partial charge in [-0.2, -0.15) is 0 Å². The van der Waals surface area contributed by atoms with Gasteiger partial charge in [0, 0.05) is 31.2 Å². The maximum Gasteiger partial charge on any atom is 0.255 e. The zero-order chi connectivity index (χ0) is 19.8. The summed E-state index contributed by atoms with van der Waals surface area (Å²) in [5.41, 5.74) is 4.06. The number of hydrogen-bond donors (Lipinski definition) is 1. The van der Waals surface area contributed by atoms with Crippen LogP contribution in [0.15, 0.2) is 53.5 Å². The smallest absolute Gasteiger partial charge is 0.255 e. The van der Waals surface area contributed by atoms with E-state index in [4.69, 9.17) is 4.74 Å². The van der Waals surface area contributed by atoms with Crippen molar-refractivity contribution in [3.8, 4) is 5.75 Å². The van der Waals surface area contributed by atoms with E-state index in [1.807, 2.05) is 29.6 Å². The van der Waals surface area contributed by atoms with Crippen molar-refractivity contribution < 1.29 is 9.53 Å². The minimum atomic E-state index is -0.179. The highest BCUT2D eigenvalue weighted by Gasteiger charge is 2.12. The summed E-state index contributed by atoms with van der Waals surface area (Å²) in [6.07, 6.45) is 1.80. The molecule has 0 atom stereocenters. The third kappa shape index (κ3) is 5.07. The lowest BCUT2D eigenvalue weighted by molar-refractivity contribution is 0.0946. The summed E-state index contributed by atoms with van der Waals surface area (Å²) >= 11 is 1.52. The van der Waals surface area contributed by atoms with Crippen molar-refractivity contribution in [3.05, 3.63) is 70.3 Å². The molecule has 2 aromatic heterocycles. The van der Waals surface area contributed by atoms with Gasteiger partial charge in [-0.1, -0.05) is 18.2 Å². The number of ether oxygens (including phenoxy) is 1. The highest BCUT2D eigenvalue weighted by atomic mass is 32.1. The number of nitrogens with zero attached hydrogens (tertiary/aromatic N) is 3. The van der Waals surface area contributed by atoms with E-state index in [1.165, 1.54) is 11.3 Å². The molecule has 0 bridgehead atoms. The lowest BCUT2D eigenvalue weighted by atomic mass is 10.2. The third-order valence-corrected chi connectivity index (χ3v) is 4.98. The molecule has 28 heavy (non-hydrogen) atoms. The molecule has 0 saturated heterocycles. The Morgan fingerprint density at radius 1 is 1.14 bits per heavy atom. The van der Waals surface area contributed by atoms with E-state index in [9.17, 15) is 4.79 Å². The Labute approximate surface area is 169 Å². The number of pyridine rings is 1. The molecule has 3 aromatic rings. The number of thiazole rings is 1. The Kier molecular flexibility index (Phi) is 6.97. The van der Waals surface area contributed by atoms with Gasteiger partial charge in [0.25, 0.3) is 5.91 Å². The van der Waals surface area contributed by atoms with Gasteiger partial charge in [-0.05, 0) is 37.6 Å². The summed E-state index contributed by atoms with van der Waals surface area (Å²) in [5, 5.41) is 4.87. The monoisotopic (exact) mass is 396 g/mol. The molecule has 2 heterocycles. The van der Waals surface area contributed by atoms with Crippen molar-refractivity contribution in [2.75, 3.05) is 18.0 Å². The summed E-state index contributed by atoms with van der Waals surface area (Å²) in [5.74, 6) is 1.31. The maximum atomic E-state index is 12.6. The minimum Gasteiger partial charge on any atom is -0.486 e. The molecule has 3 rings (SSSR count). The number of rotatable bonds is 9. The summed E-state index contributed by atoms with van der Waals surface area (Å²) in [6.45, 7) is 6.78.